The predicted octanol–water partition coefficient (Wildman–Crippen LogP) is 2.56. The summed E-state index contributed by atoms with van der Waals surface area (Å²) in [6.45, 7) is 4.98. The number of ether oxygens (including phenoxy) is 1. The van der Waals surface area contributed by atoms with E-state index in [2.05, 4.69) is 4.98 Å². The summed E-state index contributed by atoms with van der Waals surface area (Å²) in [5.74, 6) is 0.981. The van der Waals surface area contributed by atoms with E-state index in [9.17, 15) is 10.1 Å². The molecule has 3 heterocycles. The fraction of sp³-hybridized carbons (Fsp3) is 0.615. The topological polar surface area (TPSA) is 72.9 Å². The first-order chi connectivity index (χ1) is 10.2. The molecule has 2 aromatic heterocycles. The molecule has 0 bridgehead atoms. The van der Waals surface area contributed by atoms with Crippen LogP contribution in [-0.4, -0.2) is 40.6 Å². The number of aromatic nitrogens is 2. The molecule has 3 rings (SSSR count). The van der Waals surface area contributed by atoms with Crippen LogP contribution in [0.1, 0.15) is 19.8 Å². The highest BCUT2D eigenvalue weighted by Gasteiger charge is 2.31. The summed E-state index contributed by atoms with van der Waals surface area (Å²) in [5.41, 5.74) is 0. The number of nitrogens with zero attached hydrogens (tertiary/aromatic N) is 4. The Bertz CT molecular complexity index is 638. The van der Waals surface area contributed by atoms with Gasteiger partial charge < -0.3 is 19.8 Å². The summed E-state index contributed by atoms with van der Waals surface area (Å²) in [6.07, 6.45) is 3.82. The van der Waals surface area contributed by atoms with Gasteiger partial charge in [0.15, 0.2) is 0 Å². The van der Waals surface area contributed by atoms with Crippen LogP contribution in [0.25, 0.3) is 4.96 Å². The lowest BCUT2D eigenvalue weighted by atomic mass is 9.99. The number of imidazole rings is 1. The molecule has 0 radical (unpaired) electrons. The lowest BCUT2D eigenvalue weighted by Crippen LogP contribution is -2.37. The lowest BCUT2D eigenvalue weighted by Gasteiger charge is -2.32. The van der Waals surface area contributed by atoms with Crippen molar-refractivity contribution in [3.63, 3.8) is 0 Å². The molecule has 0 aromatic carbocycles. The first kappa shape index (κ1) is 14.3. The summed E-state index contributed by atoms with van der Waals surface area (Å²) in [5, 5.41) is 13.2. The van der Waals surface area contributed by atoms with Gasteiger partial charge in [-0.1, -0.05) is 11.3 Å². The Hall–Kier alpha value is -1.67. The molecule has 1 atom stereocenters. The minimum absolute atomic E-state index is 0.0725. The van der Waals surface area contributed by atoms with Gasteiger partial charge in [-0.15, -0.1) is 0 Å². The molecule has 0 amide bonds. The van der Waals surface area contributed by atoms with Crippen LogP contribution >= 0.6 is 11.3 Å². The van der Waals surface area contributed by atoms with Crippen molar-refractivity contribution in [1.29, 1.82) is 0 Å². The number of hydrogen-bond donors (Lipinski definition) is 0. The highest BCUT2D eigenvalue weighted by Crippen LogP contribution is 2.33. The highest BCUT2D eigenvalue weighted by atomic mass is 32.1. The van der Waals surface area contributed by atoms with Crippen LogP contribution in [0.15, 0.2) is 11.6 Å². The maximum Gasteiger partial charge on any atom is 0.373 e. The minimum atomic E-state index is -0.339. The van der Waals surface area contributed by atoms with Crippen molar-refractivity contribution in [3.05, 3.63) is 21.7 Å². The van der Waals surface area contributed by atoms with E-state index < -0.39 is 0 Å². The van der Waals surface area contributed by atoms with E-state index in [1.807, 2.05) is 17.2 Å². The second kappa shape index (κ2) is 5.98. The maximum absolute atomic E-state index is 11.4. The third-order valence-electron chi connectivity index (χ3n) is 3.77. The molecule has 0 saturated carbocycles. The lowest BCUT2D eigenvalue weighted by molar-refractivity contribution is -0.389. The number of piperidine rings is 1. The van der Waals surface area contributed by atoms with Crippen molar-refractivity contribution in [3.8, 4) is 0 Å². The van der Waals surface area contributed by atoms with E-state index in [4.69, 9.17) is 4.74 Å². The zero-order valence-corrected chi connectivity index (χ0v) is 12.7. The van der Waals surface area contributed by atoms with Crippen LogP contribution in [0, 0.1) is 16.0 Å². The fourth-order valence-electron chi connectivity index (χ4n) is 2.82. The number of hydrogen-bond acceptors (Lipinski definition) is 6. The number of rotatable bonds is 5. The van der Waals surface area contributed by atoms with Gasteiger partial charge in [0.05, 0.1) is 6.61 Å². The molecule has 0 N–H and O–H groups in total. The predicted molar refractivity (Wildman–Crippen MR) is 81.2 cm³/mol. The first-order valence-corrected chi connectivity index (χ1v) is 8.01. The molecule has 1 fully saturated rings. The summed E-state index contributed by atoms with van der Waals surface area (Å²) in [7, 11) is 0. The fourth-order valence-corrected chi connectivity index (χ4v) is 3.53. The van der Waals surface area contributed by atoms with Gasteiger partial charge in [0, 0.05) is 25.1 Å². The number of fused-ring (bicyclic) bond motifs is 1. The van der Waals surface area contributed by atoms with Gasteiger partial charge in [0.1, 0.15) is 6.20 Å². The molecule has 1 aliphatic heterocycles. The van der Waals surface area contributed by atoms with Crippen LogP contribution in [-0.2, 0) is 4.74 Å². The molecular weight excluding hydrogens is 292 g/mol. The molecule has 1 aliphatic rings. The molecule has 114 valence electrons. The number of nitro groups is 1. The Labute approximate surface area is 126 Å². The molecule has 21 heavy (non-hydrogen) atoms. The second-order valence-electron chi connectivity index (χ2n) is 5.19. The molecule has 2 aromatic rings. The van der Waals surface area contributed by atoms with E-state index in [1.54, 1.807) is 10.6 Å². The van der Waals surface area contributed by atoms with Gasteiger partial charge in [-0.05, 0) is 30.6 Å². The summed E-state index contributed by atoms with van der Waals surface area (Å²) in [4.78, 5) is 18.2. The van der Waals surface area contributed by atoms with Crippen molar-refractivity contribution in [1.82, 2.24) is 9.38 Å². The van der Waals surface area contributed by atoms with Crippen LogP contribution in [0.3, 0.4) is 0 Å². The Kier molecular flexibility index (Phi) is 4.07. The molecule has 7 nitrogen and oxygen atoms in total. The van der Waals surface area contributed by atoms with Gasteiger partial charge in [0.25, 0.3) is 4.96 Å². The minimum Gasteiger partial charge on any atom is -0.381 e. The monoisotopic (exact) mass is 310 g/mol. The van der Waals surface area contributed by atoms with Crippen LogP contribution in [0.2, 0.25) is 0 Å². The zero-order chi connectivity index (χ0) is 14.8. The molecular formula is C13H18N4O3S. The summed E-state index contributed by atoms with van der Waals surface area (Å²) in [6, 6.07) is 0. The first-order valence-electron chi connectivity index (χ1n) is 7.13. The molecule has 1 unspecified atom stereocenters. The van der Waals surface area contributed by atoms with Crippen molar-refractivity contribution < 1.29 is 9.66 Å². The molecule has 1 saturated heterocycles. The Balaban J connectivity index is 1.87. The Morgan fingerprint density at radius 2 is 2.48 bits per heavy atom. The van der Waals surface area contributed by atoms with Gasteiger partial charge in [-0.3, -0.25) is 0 Å². The highest BCUT2D eigenvalue weighted by molar-refractivity contribution is 7.15. The molecule has 0 aliphatic carbocycles. The van der Waals surface area contributed by atoms with Crippen LogP contribution in [0.4, 0.5) is 11.6 Å². The third kappa shape index (κ3) is 2.73. The van der Waals surface area contributed by atoms with Crippen molar-refractivity contribution in [2.24, 2.45) is 5.92 Å². The van der Waals surface area contributed by atoms with E-state index in [-0.39, 0.29) is 10.7 Å². The van der Waals surface area contributed by atoms with Crippen LogP contribution in [0.5, 0.6) is 0 Å². The van der Waals surface area contributed by atoms with E-state index >= 15 is 0 Å². The average molecular weight is 310 g/mol. The van der Waals surface area contributed by atoms with Crippen molar-refractivity contribution in [2.45, 2.75) is 19.8 Å². The molecule has 8 heteroatoms. The Morgan fingerprint density at radius 1 is 1.62 bits per heavy atom. The normalized spacial score (nSPS) is 19.3. The second-order valence-corrected chi connectivity index (χ2v) is 6.06. The van der Waals surface area contributed by atoms with E-state index in [1.165, 1.54) is 11.3 Å². The SMILES string of the molecule is CCOCC1CCCN(c2nc3sccn3c2[N+](=O)[O-])C1. The largest absolute Gasteiger partial charge is 0.381 e. The van der Waals surface area contributed by atoms with Gasteiger partial charge in [0.2, 0.25) is 5.82 Å². The van der Waals surface area contributed by atoms with Crippen molar-refractivity contribution in [2.75, 3.05) is 31.2 Å². The summed E-state index contributed by atoms with van der Waals surface area (Å²) < 4.78 is 7.06. The zero-order valence-electron chi connectivity index (χ0n) is 11.9. The molecule has 0 spiro atoms. The van der Waals surface area contributed by atoms with Crippen molar-refractivity contribution >= 4 is 27.9 Å². The van der Waals surface area contributed by atoms with Crippen LogP contribution < -0.4 is 4.90 Å². The summed E-state index contributed by atoms with van der Waals surface area (Å²) >= 11 is 1.41. The average Bonchev–Trinajstić information content (AvgIpc) is 3.05. The smallest absolute Gasteiger partial charge is 0.373 e. The van der Waals surface area contributed by atoms with E-state index in [0.717, 1.165) is 25.9 Å². The van der Waals surface area contributed by atoms with Gasteiger partial charge in [-0.25, -0.2) is 0 Å². The third-order valence-corrected chi connectivity index (χ3v) is 4.52. The number of anilines is 1. The number of thiazole rings is 1. The Morgan fingerprint density at radius 3 is 3.24 bits per heavy atom. The maximum atomic E-state index is 11.4. The quantitative estimate of drug-likeness (QED) is 0.627. The van der Waals surface area contributed by atoms with Gasteiger partial charge >= 0.3 is 5.82 Å². The standard InChI is InChI=1S/C13H18N4O3S/c1-2-20-9-10-4-3-5-15(8-10)11-12(17(18)19)16-6-7-21-13(16)14-11/h6-7,10H,2-5,8-9H2,1H3. The van der Waals surface area contributed by atoms with E-state index in [0.29, 0.717) is 29.9 Å². The van der Waals surface area contributed by atoms with Gasteiger partial charge in [-0.2, -0.15) is 9.38 Å².